The van der Waals surface area contributed by atoms with Crippen molar-refractivity contribution in [3.05, 3.63) is 0 Å². The zero-order valence-electron chi connectivity index (χ0n) is 23.4. The SMILES string of the molecule is C[C@H](C(=O)NC12CC3CC(CC(C3)C1)C2)[C@H]1CC[C@H]2[C@@H]3CC[C@H]4N(C)C(=O)CC[C@]4(C)[C@H]3CC[C@]12C. The van der Waals surface area contributed by atoms with Gasteiger partial charge in [-0.05, 0) is 136 Å². The van der Waals surface area contributed by atoms with Gasteiger partial charge in [0.15, 0.2) is 0 Å². The van der Waals surface area contributed by atoms with E-state index in [4.69, 9.17) is 0 Å². The molecule has 8 aliphatic rings. The van der Waals surface area contributed by atoms with Crippen LogP contribution in [-0.2, 0) is 9.59 Å². The standard InChI is InChI=1S/C32H50N2O2/c1-19(29(36)33-32-16-20-13-21(17-32)15-22(14-20)18-32)24-6-7-25-23-5-8-27-31(3,12-10-28(35)34(27)4)26(23)9-11-30(24,25)2/h19-27H,5-18H2,1-4H3,(H,33,36)/t19-,20?,21?,22?,23-,24+,25-,26-,27+,30+,31+,32?/m0/s1. The Morgan fingerprint density at radius 3 is 2.19 bits per heavy atom. The van der Waals surface area contributed by atoms with Crippen LogP contribution in [0.15, 0.2) is 0 Å². The Morgan fingerprint density at radius 2 is 1.53 bits per heavy atom. The zero-order valence-corrected chi connectivity index (χ0v) is 23.4. The second-order valence-corrected chi connectivity index (χ2v) is 15.7. The summed E-state index contributed by atoms with van der Waals surface area (Å²) in [6.45, 7) is 7.37. The molecule has 7 saturated carbocycles. The van der Waals surface area contributed by atoms with Crippen molar-refractivity contribution in [2.75, 3.05) is 7.05 Å². The number of nitrogens with zero attached hydrogens (tertiary/aromatic N) is 1. The van der Waals surface area contributed by atoms with Gasteiger partial charge in [0.1, 0.15) is 0 Å². The van der Waals surface area contributed by atoms with Crippen molar-refractivity contribution in [2.45, 2.75) is 122 Å². The maximum absolute atomic E-state index is 13.9. The molecule has 36 heavy (non-hydrogen) atoms. The lowest BCUT2D eigenvalue weighted by atomic mass is 9.46. The van der Waals surface area contributed by atoms with Crippen LogP contribution in [0.1, 0.15) is 111 Å². The van der Waals surface area contributed by atoms with Gasteiger partial charge in [-0.1, -0.05) is 20.8 Å². The van der Waals surface area contributed by atoms with Crippen LogP contribution in [0.3, 0.4) is 0 Å². The van der Waals surface area contributed by atoms with Gasteiger partial charge in [0.25, 0.3) is 0 Å². The normalized spacial score (nSPS) is 54.0. The number of hydrogen-bond acceptors (Lipinski definition) is 2. The first-order valence-electron chi connectivity index (χ1n) is 15.7. The summed E-state index contributed by atoms with van der Waals surface area (Å²) in [5, 5.41) is 3.75. The van der Waals surface area contributed by atoms with Crippen LogP contribution in [0.4, 0.5) is 0 Å². The largest absolute Gasteiger partial charge is 0.350 e. The monoisotopic (exact) mass is 494 g/mol. The van der Waals surface area contributed by atoms with E-state index in [0.717, 1.165) is 48.3 Å². The van der Waals surface area contributed by atoms with Crippen molar-refractivity contribution in [1.29, 1.82) is 0 Å². The van der Waals surface area contributed by atoms with E-state index in [-0.39, 0.29) is 16.9 Å². The fourth-order valence-electron chi connectivity index (χ4n) is 12.8. The van der Waals surface area contributed by atoms with Crippen LogP contribution >= 0.6 is 0 Å². The smallest absolute Gasteiger partial charge is 0.223 e. The molecule has 0 spiro atoms. The van der Waals surface area contributed by atoms with Crippen molar-refractivity contribution < 1.29 is 9.59 Å². The highest BCUT2D eigenvalue weighted by Gasteiger charge is 2.62. The summed E-state index contributed by atoms with van der Waals surface area (Å²) in [6.07, 6.45) is 17.4. The third kappa shape index (κ3) is 3.30. The van der Waals surface area contributed by atoms with Crippen molar-refractivity contribution >= 4 is 11.8 Å². The first kappa shape index (κ1) is 24.0. The zero-order chi connectivity index (χ0) is 25.0. The van der Waals surface area contributed by atoms with Crippen LogP contribution in [0, 0.1) is 58.2 Å². The maximum atomic E-state index is 13.9. The molecule has 1 heterocycles. The third-order valence-corrected chi connectivity index (χ3v) is 14.1. The van der Waals surface area contributed by atoms with Gasteiger partial charge in [-0.2, -0.15) is 0 Å². The van der Waals surface area contributed by atoms with Crippen LogP contribution in [-0.4, -0.2) is 35.3 Å². The molecule has 0 radical (unpaired) electrons. The predicted molar refractivity (Wildman–Crippen MR) is 142 cm³/mol. The molecular formula is C32H50N2O2. The molecule has 1 aliphatic heterocycles. The van der Waals surface area contributed by atoms with Crippen LogP contribution < -0.4 is 5.32 Å². The predicted octanol–water partition coefficient (Wildman–Crippen LogP) is 6.19. The Kier molecular flexibility index (Phi) is 5.32. The van der Waals surface area contributed by atoms with E-state index >= 15 is 0 Å². The van der Waals surface area contributed by atoms with E-state index in [9.17, 15) is 9.59 Å². The molecule has 4 bridgehead atoms. The lowest BCUT2D eigenvalue weighted by Crippen LogP contribution is -2.62. The minimum absolute atomic E-state index is 0.133. The lowest BCUT2D eigenvalue weighted by molar-refractivity contribution is -0.159. The van der Waals surface area contributed by atoms with Crippen LogP contribution in [0.2, 0.25) is 0 Å². The van der Waals surface area contributed by atoms with E-state index in [1.807, 2.05) is 0 Å². The van der Waals surface area contributed by atoms with Crippen LogP contribution in [0.5, 0.6) is 0 Å². The molecule has 7 aliphatic carbocycles. The molecule has 8 rings (SSSR count). The maximum Gasteiger partial charge on any atom is 0.223 e. The Hall–Kier alpha value is -1.06. The van der Waals surface area contributed by atoms with Gasteiger partial charge < -0.3 is 10.2 Å². The first-order valence-corrected chi connectivity index (χ1v) is 15.7. The highest BCUT2D eigenvalue weighted by atomic mass is 16.2. The average Bonchev–Trinajstić information content (AvgIpc) is 3.17. The molecule has 0 aromatic heterocycles. The Balaban J connectivity index is 1.07. The Bertz CT molecular complexity index is 909. The Morgan fingerprint density at radius 1 is 0.889 bits per heavy atom. The highest BCUT2D eigenvalue weighted by molar-refractivity contribution is 5.80. The Labute approximate surface area is 219 Å². The second kappa shape index (κ2) is 7.98. The van der Waals surface area contributed by atoms with Crippen molar-refractivity contribution in [3.8, 4) is 0 Å². The van der Waals surface area contributed by atoms with E-state index < -0.39 is 0 Å². The van der Waals surface area contributed by atoms with Crippen molar-refractivity contribution in [1.82, 2.24) is 10.2 Å². The summed E-state index contributed by atoms with van der Waals surface area (Å²) >= 11 is 0. The number of nitrogens with one attached hydrogen (secondary N) is 1. The number of amides is 2. The van der Waals surface area contributed by atoms with Gasteiger partial charge in [-0.25, -0.2) is 0 Å². The molecule has 4 nitrogen and oxygen atoms in total. The quantitative estimate of drug-likeness (QED) is 0.509. The van der Waals surface area contributed by atoms with Gasteiger partial charge in [0.05, 0.1) is 0 Å². The molecule has 4 heteroatoms. The molecule has 1 N–H and O–H groups in total. The number of likely N-dealkylation sites (tertiary alicyclic amines) is 1. The first-order chi connectivity index (χ1) is 17.1. The molecule has 1 saturated heterocycles. The summed E-state index contributed by atoms with van der Waals surface area (Å²) in [5.41, 5.74) is 0.722. The summed E-state index contributed by atoms with van der Waals surface area (Å²) in [7, 11) is 2.06. The van der Waals surface area contributed by atoms with Gasteiger partial charge in [-0.3, -0.25) is 9.59 Å². The van der Waals surface area contributed by atoms with E-state index in [0.29, 0.717) is 29.2 Å². The number of piperidine rings is 1. The molecule has 8 fully saturated rings. The highest BCUT2D eigenvalue weighted by Crippen LogP contribution is 2.67. The van der Waals surface area contributed by atoms with Gasteiger partial charge in [-0.15, -0.1) is 0 Å². The molecule has 8 atom stereocenters. The topological polar surface area (TPSA) is 49.4 Å². The van der Waals surface area contributed by atoms with E-state index in [1.54, 1.807) is 0 Å². The lowest BCUT2D eigenvalue weighted by Gasteiger charge is -2.62. The average molecular weight is 495 g/mol. The fraction of sp³-hybridized carbons (Fsp3) is 0.938. The molecule has 0 aromatic carbocycles. The second-order valence-electron chi connectivity index (χ2n) is 15.7. The van der Waals surface area contributed by atoms with Crippen molar-refractivity contribution in [3.63, 3.8) is 0 Å². The van der Waals surface area contributed by atoms with Crippen LogP contribution in [0.25, 0.3) is 0 Å². The van der Waals surface area contributed by atoms with Crippen molar-refractivity contribution in [2.24, 2.45) is 58.2 Å². The molecule has 200 valence electrons. The van der Waals surface area contributed by atoms with E-state index in [2.05, 4.69) is 38.0 Å². The van der Waals surface area contributed by atoms with E-state index in [1.165, 1.54) is 77.0 Å². The number of carbonyl (C=O) groups excluding carboxylic acids is 2. The van der Waals surface area contributed by atoms with Gasteiger partial charge in [0, 0.05) is 31.0 Å². The molecule has 0 unspecified atom stereocenters. The van der Waals surface area contributed by atoms with Gasteiger partial charge >= 0.3 is 0 Å². The minimum Gasteiger partial charge on any atom is -0.350 e. The third-order valence-electron chi connectivity index (χ3n) is 14.1. The number of rotatable bonds is 3. The minimum atomic E-state index is 0.133. The molecule has 0 aromatic rings. The molecule has 2 amide bonds. The number of hydrogen-bond donors (Lipinski definition) is 1. The summed E-state index contributed by atoms with van der Waals surface area (Å²) in [6, 6.07) is 0.437. The number of carbonyl (C=O) groups is 2. The fourth-order valence-corrected chi connectivity index (χ4v) is 12.8. The number of fused-ring (bicyclic) bond motifs is 5. The summed E-state index contributed by atoms with van der Waals surface area (Å²) in [5.74, 6) is 6.33. The molecular weight excluding hydrogens is 444 g/mol. The summed E-state index contributed by atoms with van der Waals surface area (Å²) in [4.78, 5) is 28.5. The van der Waals surface area contributed by atoms with Gasteiger partial charge in [0.2, 0.25) is 11.8 Å². The summed E-state index contributed by atoms with van der Waals surface area (Å²) < 4.78 is 0.